The zero-order chi connectivity index (χ0) is 13.3. The van der Waals surface area contributed by atoms with Crippen molar-refractivity contribution < 1.29 is 18.3 Å². The largest absolute Gasteiger partial charge is 0.416 e. The Morgan fingerprint density at radius 2 is 2.11 bits per heavy atom. The molecule has 1 unspecified atom stereocenters. The van der Waals surface area contributed by atoms with Crippen LogP contribution in [0.2, 0.25) is 0 Å². The van der Waals surface area contributed by atoms with Gasteiger partial charge < -0.3 is 5.11 Å². The molecule has 2 nitrogen and oxygen atoms in total. The van der Waals surface area contributed by atoms with Crippen LogP contribution in [0.25, 0.3) is 0 Å². The van der Waals surface area contributed by atoms with Crippen LogP contribution in [-0.2, 0) is 6.18 Å². The fourth-order valence-corrected chi connectivity index (χ4v) is 2.95. The van der Waals surface area contributed by atoms with Gasteiger partial charge in [0.25, 0.3) is 0 Å². The van der Waals surface area contributed by atoms with Crippen molar-refractivity contribution in [3.05, 3.63) is 50.4 Å². The molecule has 0 aliphatic heterocycles. The number of aliphatic hydroxyl groups excluding tert-OH is 1. The fraction of sp³-hybridized carbons (Fsp3) is 0.182. The summed E-state index contributed by atoms with van der Waals surface area (Å²) in [7, 11) is 0. The number of hydrogen-bond donors (Lipinski definition) is 1. The van der Waals surface area contributed by atoms with E-state index in [1.54, 1.807) is 11.4 Å². The van der Waals surface area contributed by atoms with E-state index in [1.165, 1.54) is 11.3 Å². The van der Waals surface area contributed by atoms with Gasteiger partial charge in [-0.2, -0.15) is 13.2 Å². The molecule has 0 fully saturated rings. The van der Waals surface area contributed by atoms with Crippen molar-refractivity contribution in [3.8, 4) is 0 Å². The number of aromatic nitrogens is 1. The Labute approximate surface area is 113 Å². The molecule has 0 bridgehead atoms. The highest BCUT2D eigenvalue weighted by Gasteiger charge is 2.35. The minimum Gasteiger partial charge on any atom is -0.383 e. The van der Waals surface area contributed by atoms with Crippen molar-refractivity contribution in [2.24, 2.45) is 0 Å². The van der Waals surface area contributed by atoms with E-state index >= 15 is 0 Å². The monoisotopic (exact) mass is 337 g/mol. The smallest absolute Gasteiger partial charge is 0.383 e. The first-order valence-corrected chi connectivity index (χ1v) is 6.50. The molecule has 0 amide bonds. The molecule has 0 aromatic carbocycles. The molecule has 2 rings (SSSR count). The van der Waals surface area contributed by atoms with E-state index in [2.05, 4.69) is 20.9 Å². The first-order chi connectivity index (χ1) is 8.39. The number of alkyl halides is 3. The Morgan fingerprint density at radius 1 is 1.39 bits per heavy atom. The molecule has 0 spiro atoms. The lowest BCUT2D eigenvalue weighted by molar-refractivity contribution is -0.139. The maximum absolute atomic E-state index is 12.8. The molecule has 0 aliphatic rings. The molecule has 1 atom stereocenters. The van der Waals surface area contributed by atoms with E-state index < -0.39 is 17.8 Å². The second-order valence-electron chi connectivity index (χ2n) is 3.53. The van der Waals surface area contributed by atoms with Crippen LogP contribution in [0.4, 0.5) is 13.2 Å². The maximum Gasteiger partial charge on any atom is 0.416 e. The summed E-state index contributed by atoms with van der Waals surface area (Å²) in [4.78, 5) is 4.08. The van der Waals surface area contributed by atoms with Crippen molar-refractivity contribution >= 4 is 27.3 Å². The van der Waals surface area contributed by atoms with Gasteiger partial charge in [0.2, 0.25) is 0 Å². The van der Waals surface area contributed by atoms with Gasteiger partial charge in [-0.3, -0.25) is 4.98 Å². The Bertz CT molecular complexity index is 555. The lowest BCUT2D eigenvalue weighted by atomic mass is 10.0. The Balaban J connectivity index is 2.45. The van der Waals surface area contributed by atoms with Gasteiger partial charge in [0.15, 0.2) is 0 Å². The van der Waals surface area contributed by atoms with Gasteiger partial charge in [-0.1, -0.05) is 0 Å². The third-order valence-corrected chi connectivity index (χ3v) is 4.06. The first kappa shape index (κ1) is 13.5. The Hall–Kier alpha value is -0.920. The summed E-state index contributed by atoms with van der Waals surface area (Å²) in [6.07, 6.45) is -3.73. The van der Waals surface area contributed by atoms with E-state index in [1.807, 2.05) is 0 Å². The normalized spacial score (nSPS) is 13.6. The van der Waals surface area contributed by atoms with Crippen molar-refractivity contribution in [1.29, 1.82) is 0 Å². The molecule has 18 heavy (non-hydrogen) atoms. The maximum atomic E-state index is 12.8. The van der Waals surface area contributed by atoms with Gasteiger partial charge >= 0.3 is 6.18 Å². The topological polar surface area (TPSA) is 33.1 Å². The van der Waals surface area contributed by atoms with Gasteiger partial charge in [-0.15, -0.1) is 11.3 Å². The molecule has 7 heteroatoms. The lowest BCUT2D eigenvalue weighted by Crippen LogP contribution is -2.12. The fourth-order valence-electron chi connectivity index (χ4n) is 1.51. The van der Waals surface area contributed by atoms with Crippen LogP contribution in [0.1, 0.15) is 22.1 Å². The number of halogens is 4. The summed E-state index contributed by atoms with van der Waals surface area (Å²) < 4.78 is 39.1. The van der Waals surface area contributed by atoms with E-state index in [-0.39, 0.29) is 5.56 Å². The highest BCUT2D eigenvalue weighted by Crippen LogP contribution is 2.37. The van der Waals surface area contributed by atoms with Gasteiger partial charge in [0.05, 0.1) is 5.56 Å². The van der Waals surface area contributed by atoms with E-state index in [0.29, 0.717) is 4.88 Å². The van der Waals surface area contributed by atoms with Crippen molar-refractivity contribution in [2.75, 3.05) is 0 Å². The summed E-state index contributed by atoms with van der Waals surface area (Å²) >= 11 is 4.37. The molecule has 0 aliphatic carbocycles. The van der Waals surface area contributed by atoms with Crippen LogP contribution in [-0.4, -0.2) is 10.1 Å². The van der Waals surface area contributed by atoms with Gasteiger partial charge in [-0.05, 0) is 28.1 Å². The summed E-state index contributed by atoms with van der Waals surface area (Å²) in [6, 6.07) is 2.45. The lowest BCUT2D eigenvalue weighted by Gasteiger charge is -2.15. The van der Waals surface area contributed by atoms with Crippen LogP contribution >= 0.6 is 27.3 Å². The highest BCUT2D eigenvalue weighted by molar-refractivity contribution is 9.10. The predicted molar refractivity (Wildman–Crippen MR) is 65.3 cm³/mol. The SMILES string of the molecule is OC(c1cc(Br)cs1)c1cnccc1C(F)(F)F. The average Bonchev–Trinajstić information content (AvgIpc) is 2.74. The van der Waals surface area contributed by atoms with Crippen molar-refractivity contribution in [1.82, 2.24) is 4.98 Å². The number of thiophene rings is 1. The molecular weight excluding hydrogens is 331 g/mol. The number of nitrogens with zero attached hydrogens (tertiary/aromatic N) is 1. The minimum atomic E-state index is -4.51. The van der Waals surface area contributed by atoms with Crippen molar-refractivity contribution in [2.45, 2.75) is 12.3 Å². The summed E-state index contributed by atoms with van der Waals surface area (Å²) in [5.74, 6) is 0. The Morgan fingerprint density at radius 3 is 2.67 bits per heavy atom. The Kier molecular flexibility index (Phi) is 3.74. The van der Waals surface area contributed by atoms with E-state index in [4.69, 9.17) is 0 Å². The first-order valence-electron chi connectivity index (χ1n) is 4.82. The molecule has 0 radical (unpaired) electrons. The minimum absolute atomic E-state index is 0.237. The summed E-state index contributed by atoms with van der Waals surface area (Å²) in [5.41, 5.74) is -1.10. The van der Waals surface area contributed by atoms with Crippen LogP contribution in [0.3, 0.4) is 0 Å². The average molecular weight is 338 g/mol. The second kappa shape index (κ2) is 4.99. The number of hydrogen-bond acceptors (Lipinski definition) is 3. The zero-order valence-electron chi connectivity index (χ0n) is 8.78. The van der Waals surface area contributed by atoms with Crippen LogP contribution in [0, 0.1) is 0 Å². The zero-order valence-corrected chi connectivity index (χ0v) is 11.2. The molecule has 2 heterocycles. The summed E-state index contributed by atoms with van der Waals surface area (Å²) in [5, 5.41) is 11.7. The third-order valence-electron chi connectivity index (χ3n) is 2.31. The summed E-state index contributed by atoms with van der Waals surface area (Å²) in [6.45, 7) is 0. The number of aliphatic hydroxyl groups is 1. The van der Waals surface area contributed by atoms with Gasteiger partial charge in [0.1, 0.15) is 6.10 Å². The molecule has 0 saturated carbocycles. The molecule has 2 aromatic heterocycles. The van der Waals surface area contributed by atoms with Gasteiger partial charge in [0, 0.05) is 32.7 Å². The molecule has 96 valence electrons. The van der Waals surface area contributed by atoms with Crippen LogP contribution < -0.4 is 0 Å². The molecular formula is C11H7BrF3NOS. The quantitative estimate of drug-likeness (QED) is 0.898. The van der Waals surface area contributed by atoms with Gasteiger partial charge in [-0.25, -0.2) is 0 Å². The standard InChI is InChI=1S/C11H7BrF3NOS/c12-6-3-9(18-5-6)10(17)7-4-16-2-1-8(7)11(13,14)15/h1-5,10,17H. The van der Waals surface area contributed by atoms with Crippen molar-refractivity contribution in [3.63, 3.8) is 0 Å². The molecule has 1 N–H and O–H groups in total. The predicted octanol–water partition coefficient (Wildman–Crippen LogP) is 4.01. The highest BCUT2D eigenvalue weighted by atomic mass is 79.9. The van der Waals surface area contributed by atoms with Crippen LogP contribution in [0.15, 0.2) is 34.4 Å². The molecule has 2 aromatic rings. The van der Waals surface area contributed by atoms with E-state index in [0.717, 1.165) is 22.9 Å². The van der Waals surface area contributed by atoms with Crippen LogP contribution in [0.5, 0.6) is 0 Å². The second-order valence-corrected chi connectivity index (χ2v) is 5.39. The number of rotatable bonds is 2. The van der Waals surface area contributed by atoms with E-state index in [9.17, 15) is 18.3 Å². The third kappa shape index (κ3) is 2.73. The molecule has 0 saturated heterocycles. The number of pyridine rings is 1.